The third kappa shape index (κ3) is 6.02. The number of nitrogens with one attached hydrogen (secondary N) is 1. The summed E-state index contributed by atoms with van der Waals surface area (Å²) in [5.74, 6) is -0.200. The van der Waals surface area contributed by atoms with Gasteiger partial charge in [-0.05, 0) is 36.4 Å². The summed E-state index contributed by atoms with van der Waals surface area (Å²) in [6.07, 6.45) is 3.62. The van der Waals surface area contributed by atoms with Gasteiger partial charge in [0.15, 0.2) is 0 Å². The van der Waals surface area contributed by atoms with Crippen LogP contribution in [0.4, 0.5) is 4.39 Å². The molecule has 1 aromatic carbocycles. The van der Waals surface area contributed by atoms with Gasteiger partial charge in [0.2, 0.25) is 0 Å². The van der Waals surface area contributed by atoms with Gasteiger partial charge in [0.1, 0.15) is 5.82 Å². The van der Waals surface area contributed by atoms with Gasteiger partial charge in [-0.3, -0.25) is 0 Å². The fourth-order valence-electron chi connectivity index (χ4n) is 1.04. The Morgan fingerprint density at radius 2 is 2.12 bits per heavy atom. The topological polar surface area (TPSA) is 12.0 Å². The van der Waals surface area contributed by atoms with Crippen molar-refractivity contribution in [3.63, 3.8) is 0 Å². The van der Waals surface area contributed by atoms with Crippen LogP contribution in [-0.2, 0) is 6.54 Å². The van der Waals surface area contributed by atoms with Gasteiger partial charge in [-0.15, -0.1) is 0 Å². The molecule has 0 aliphatic carbocycles. The third-order valence-electron chi connectivity index (χ3n) is 1.85. The lowest BCUT2D eigenvalue weighted by atomic mass is 10.2. The Kier molecular flexibility index (Phi) is 7.86. The van der Waals surface area contributed by atoms with Gasteiger partial charge in [0, 0.05) is 6.54 Å². The number of rotatable bonds is 4. The Morgan fingerprint density at radius 3 is 2.69 bits per heavy atom. The maximum Gasteiger partial charge on any atom is 0.123 e. The molecule has 0 fully saturated rings. The summed E-state index contributed by atoms with van der Waals surface area (Å²) in [6, 6.07) is 6.54. The number of benzene rings is 1. The van der Waals surface area contributed by atoms with Gasteiger partial charge < -0.3 is 5.32 Å². The fraction of sp³-hybridized carbons (Fsp3) is 0.286. The van der Waals surface area contributed by atoms with Crippen molar-refractivity contribution in [2.24, 2.45) is 0 Å². The van der Waals surface area contributed by atoms with Crippen molar-refractivity contribution in [1.29, 1.82) is 0 Å². The first-order chi connectivity index (χ1) is 7.72. The molecule has 0 bridgehead atoms. The predicted molar refractivity (Wildman–Crippen MR) is 68.5 cm³/mol. The smallest absolute Gasteiger partial charge is 0.123 e. The molecule has 1 nitrogen and oxygen atoms in total. The highest BCUT2D eigenvalue weighted by Crippen LogP contribution is 2.02. The van der Waals surface area contributed by atoms with Gasteiger partial charge in [0.25, 0.3) is 0 Å². The van der Waals surface area contributed by atoms with E-state index in [9.17, 15) is 4.39 Å². The van der Waals surface area contributed by atoms with Crippen molar-refractivity contribution in [2.75, 3.05) is 0 Å². The molecule has 0 aliphatic rings. The second-order valence-electron chi connectivity index (χ2n) is 3.10. The maximum absolute atomic E-state index is 12.8. The van der Waals surface area contributed by atoms with E-state index in [-0.39, 0.29) is 5.82 Å². The Bertz CT molecular complexity index is 342. The molecule has 0 heterocycles. The van der Waals surface area contributed by atoms with Gasteiger partial charge in [-0.25, -0.2) is 4.39 Å². The highest BCUT2D eigenvalue weighted by atomic mass is 19.1. The molecule has 0 saturated heterocycles. The quantitative estimate of drug-likeness (QED) is 0.757. The van der Waals surface area contributed by atoms with Crippen molar-refractivity contribution in [3.05, 3.63) is 60.1 Å². The molecule has 0 aromatic heterocycles. The SMILES string of the molecule is C=C/C(C)=C\NCc1cccc(F)c1.CC. The highest BCUT2D eigenvalue weighted by molar-refractivity contribution is 5.17. The van der Waals surface area contributed by atoms with Crippen molar-refractivity contribution in [3.8, 4) is 0 Å². The van der Waals surface area contributed by atoms with Crippen LogP contribution >= 0.6 is 0 Å². The zero-order valence-corrected chi connectivity index (χ0v) is 10.3. The molecule has 2 heteroatoms. The van der Waals surface area contributed by atoms with Crippen LogP contribution in [0, 0.1) is 5.82 Å². The average Bonchev–Trinajstić information content (AvgIpc) is 2.31. The lowest BCUT2D eigenvalue weighted by Gasteiger charge is -2.01. The fourth-order valence-corrected chi connectivity index (χ4v) is 1.04. The lowest BCUT2D eigenvalue weighted by Crippen LogP contribution is -2.05. The molecule has 0 aliphatic heterocycles. The first kappa shape index (κ1) is 14.4. The Morgan fingerprint density at radius 1 is 1.44 bits per heavy atom. The highest BCUT2D eigenvalue weighted by Gasteiger charge is 1.92. The zero-order chi connectivity index (χ0) is 12.4. The Labute approximate surface area is 97.7 Å². The second kappa shape index (κ2) is 8.72. The van der Waals surface area contributed by atoms with Crippen LogP contribution < -0.4 is 5.32 Å². The average molecular weight is 221 g/mol. The van der Waals surface area contributed by atoms with Crippen molar-refractivity contribution < 1.29 is 4.39 Å². The summed E-state index contributed by atoms with van der Waals surface area (Å²) < 4.78 is 12.8. The third-order valence-corrected chi connectivity index (χ3v) is 1.85. The van der Waals surface area contributed by atoms with E-state index in [0.717, 1.165) is 11.1 Å². The van der Waals surface area contributed by atoms with E-state index in [1.165, 1.54) is 12.1 Å². The van der Waals surface area contributed by atoms with Gasteiger partial charge in [-0.2, -0.15) is 0 Å². The molecule has 1 aromatic rings. The first-order valence-electron chi connectivity index (χ1n) is 5.49. The summed E-state index contributed by atoms with van der Waals surface area (Å²) in [5.41, 5.74) is 1.99. The summed E-state index contributed by atoms with van der Waals surface area (Å²) in [7, 11) is 0. The van der Waals surface area contributed by atoms with Gasteiger partial charge >= 0.3 is 0 Å². The largest absolute Gasteiger partial charge is 0.387 e. The maximum atomic E-state index is 12.8. The first-order valence-corrected chi connectivity index (χ1v) is 5.49. The minimum absolute atomic E-state index is 0.200. The predicted octanol–water partition coefficient (Wildman–Crippen LogP) is 4.03. The minimum atomic E-state index is -0.200. The van der Waals surface area contributed by atoms with Crippen LogP contribution in [0.25, 0.3) is 0 Å². The van der Waals surface area contributed by atoms with E-state index >= 15 is 0 Å². The second-order valence-corrected chi connectivity index (χ2v) is 3.10. The monoisotopic (exact) mass is 221 g/mol. The van der Waals surface area contributed by atoms with Gasteiger partial charge in [-0.1, -0.05) is 38.6 Å². The van der Waals surface area contributed by atoms with E-state index in [1.807, 2.05) is 33.0 Å². The van der Waals surface area contributed by atoms with E-state index in [0.29, 0.717) is 6.54 Å². The van der Waals surface area contributed by atoms with Crippen molar-refractivity contribution in [1.82, 2.24) is 5.32 Å². The van der Waals surface area contributed by atoms with Crippen molar-refractivity contribution >= 4 is 0 Å². The zero-order valence-electron chi connectivity index (χ0n) is 10.3. The van der Waals surface area contributed by atoms with E-state index in [1.54, 1.807) is 12.1 Å². The summed E-state index contributed by atoms with van der Waals surface area (Å²) >= 11 is 0. The molecular weight excluding hydrogens is 201 g/mol. The number of allylic oxidation sites excluding steroid dienone is 2. The molecule has 88 valence electrons. The molecule has 0 amide bonds. The molecule has 1 N–H and O–H groups in total. The molecule has 0 spiro atoms. The number of hydrogen-bond acceptors (Lipinski definition) is 1. The molecule has 16 heavy (non-hydrogen) atoms. The molecular formula is C14H20FN. The van der Waals surface area contributed by atoms with Gasteiger partial charge in [0.05, 0.1) is 0 Å². The summed E-state index contributed by atoms with van der Waals surface area (Å²) in [6.45, 7) is 10.2. The van der Waals surface area contributed by atoms with Crippen LogP contribution in [0.1, 0.15) is 26.3 Å². The lowest BCUT2D eigenvalue weighted by molar-refractivity contribution is 0.624. The van der Waals surface area contributed by atoms with Crippen LogP contribution in [0.2, 0.25) is 0 Å². The Balaban J connectivity index is 0.00000106. The van der Waals surface area contributed by atoms with E-state index < -0.39 is 0 Å². The molecule has 1 rings (SSSR count). The minimum Gasteiger partial charge on any atom is -0.387 e. The molecule has 0 unspecified atom stereocenters. The normalized spacial score (nSPS) is 10.1. The van der Waals surface area contributed by atoms with E-state index in [4.69, 9.17) is 0 Å². The Hall–Kier alpha value is -1.57. The van der Waals surface area contributed by atoms with Crippen LogP contribution in [-0.4, -0.2) is 0 Å². The summed E-state index contributed by atoms with van der Waals surface area (Å²) in [5, 5.41) is 3.08. The number of halogens is 1. The summed E-state index contributed by atoms with van der Waals surface area (Å²) in [4.78, 5) is 0. The molecule has 0 radical (unpaired) electrons. The molecule has 0 atom stereocenters. The molecule has 0 saturated carbocycles. The van der Waals surface area contributed by atoms with E-state index in [2.05, 4.69) is 11.9 Å². The van der Waals surface area contributed by atoms with Crippen LogP contribution in [0.5, 0.6) is 0 Å². The van der Waals surface area contributed by atoms with Crippen LogP contribution in [0.15, 0.2) is 48.7 Å². The van der Waals surface area contributed by atoms with Crippen molar-refractivity contribution in [2.45, 2.75) is 27.3 Å². The standard InChI is InChI=1S/C12H14FN.C2H6/c1-3-10(2)8-14-9-11-5-4-6-12(13)7-11;1-2/h3-8,14H,1,9H2,2H3;1-2H3/b10-8-;. The number of hydrogen-bond donors (Lipinski definition) is 1. The van der Waals surface area contributed by atoms with Crippen LogP contribution in [0.3, 0.4) is 0 Å².